The molecule has 2 N–H and O–H groups in total. The fraction of sp³-hybridized carbons (Fsp3) is 0.333. The fourth-order valence-corrected chi connectivity index (χ4v) is 4.70. The molecule has 5 heteroatoms. The number of carbonyl (C=O) groups excluding carboxylic acids is 2. The minimum Gasteiger partial charge on any atom is -0.348 e. The van der Waals surface area contributed by atoms with Gasteiger partial charge in [0.2, 0.25) is 0 Å². The molecule has 134 valence electrons. The number of fused-ring (bicyclic) bond motifs is 2. The molecule has 2 fully saturated rings. The van der Waals surface area contributed by atoms with Gasteiger partial charge < -0.3 is 10.6 Å². The summed E-state index contributed by atoms with van der Waals surface area (Å²) in [6.07, 6.45) is 3.43. The summed E-state index contributed by atoms with van der Waals surface area (Å²) in [5.74, 6) is 0.0639. The lowest BCUT2D eigenvalue weighted by molar-refractivity contribution is 0.0930. The van der Waals surface area contributed by atoms with Crippen molar-refractivity contribution < 1.29 is 9.59 Å². The summed E-state index contributed by atoms with van der Waals surface area (Å²) >= 11 is 1.59. The van der Waals surface area contributed by atoms with Gasteiger partial charge in [0.25, 0.3) is 5.91 Å². The number of benzene rings is 2. The number of carbonyl (C=O) groups is 2. The zero-order valence-electron chi connectivity index (χ0n) is 14.7. The van der Waals surface area contributed by atoms with Crippen LogP contribution in [0.15, 0.2) is 58.3 Å². The van der Waals surface area contributed by atoms with E-state index in [0.29, 0.717) is 23.2 Å². The third kappa shape index (κ3) is 3.69. The van der Waals surface area contributed by atoms with Gasteiger partial charge in [-0.05, 0) is 62.6 Å². The Balaban J connectivity index is 1.39. The number of rotatable bonds is 5. The summed E-state index contributed by atoms with van der Waals surface area (Å²) in [7, 11) is 0. The van der Waals surface area contributed by atoms with Gasteiger partial charge in [-0.25, -0.2) is 0 Å². The van der Waals surface area contributed by atoms with Gasteiger partial charge >= 0.3 is 0 Å². The van der Waals surface area contributed by atoms with Crippen LogP contribution in [0.1, 0.15) is 46.9 Å². The summed E-state index contributed by atoms with van der Waals surface area (Å²) in [5.41, 5.74) is 1.40. The van der Waals surface area contributed by atoms with Crippen molar-refractivity contribution in [3.63, 3.8) is 0 Å². The van der Waals surface area contributed by atoms with E-state index in [-0.39, 0.29) is 17.7 Å². The third-order valence-electron chi connectivity index (χ3n) is 5.21. The molecule has 2 aliphatic rings. The summed E-state index contributed by atoms with van der Waals surface area (Å²) in [6.45, 7) is 1.57. The summed E-state index contributed by atoms with van der Waals surface area (Å²) in [6, 6.07) is 16.5. The van der Waals surface area contributed by atoms with Gasteiger partial charge in [0.05, 0.1) is 0 Å². The van der Waals surface area contributed by atoms with Crippen LogP contribution in [0.4, 0.5) is 0 Å². The van der Waals surface area contributed by atoms with Crippen molar-refractivity contribution in [2.75, 3.05) is 0 Å². The van der Waals surface area contributed by atoms with Crippen molar-refractivity contribution in [3.8, 4) is 0 Å². The highest BCUT2D eigenvalue weighted by Gasteiger charge is 2.39. The van der Waals surface area contributed by atoms with Crippen molar-refractivity contribution in [2.24, 2.45) is 0 Å². The van der Waals surface area contributed by atoms with E-state index in [9.17, 15) is 9.59 Å². The topological polar surface area (TPSA) is 58.2 Å². The molecular formula is C21H22N2O2S. The van der Waals surface area contributed by atoms with Gasteiger partial charge in [0.1, 0.15) is 0 Å². The van der Waals surface area contributed by atoms with Crippen LogP contribution in [-0.2, 0) is 0 Å². The molecule has 2 bridgehead atoms. The smallest absolute Gasteiger partial charge is 0.251 e. The van der Waals surface area contributed by atoms with Gasteiger partial charge in [-0.15, -0.1) is 0 Å². The molecule has 0 spiro atoms. The lowest BCUT2D eigenvalue weighted by Gasteiger charge is -2.21. The Kier molecular flexibility index (Phi) is 4.83. The van der Waals surface area contributed by atoms with Gasteiger partial charge in [-0.1, -0.05) is 23.9 Å². The zero-order valence-corrected chi connectivity index (χ0v) is 15.5. The maximum Gasteiger partial charge on any atom is 0.251 e. The van der Waals surface area contributed by atoms with Gasteiger partial charge in [-0.3, -0.25) is 9.59 Å². The molecule has 1 amide bonds. The summed E-state index contributed by atoms with van der Waals surface area (Å²) in [4.78, 5) is 26.0. The lowest BCUT2D eigenvalue weighted by atomic mass is 9.95. The van der Waals surface area contributed by atoms with Crippen LogP contribution >= 0.6 is 11.8 Å². The van der Waals surface area contributed by atoms with Crippen molar-refractivity contribution in [2.45, 2.75) is 54.1 Å². The molecule has 2 aromatic carbocycles. The largest absolute Gasteiger partial charge is 0.348 e. The van der Waals surface area contributed by atoms with Crippen LogP contribution in [0.2, 0.25) is 0 Å². The third-order valence-corrected chi connectivity index (χ3v) is 6.21. The van der Waals surface area contributed by atoms with Crippen molar-refractivity contribution in [3.05, 3.63) is 59.7 Å². The molecule has 3 unspecified atom stereocenters. The second-order valence-electron chi connectivity index (χ2n) is 7.07. The predicted molar refractivity (Wildman–Crippen MR) is 103 cm³/mol. The maximum atomic E-state index is 12.5. The molecule has 3 atom stereocenters. The van der Waals surface area contributed by atoms with Gasteiger partial charge in [0.15, 0.2) is 5.78 Å². The van der Waals surface area contributed by atoms with Crippen LogP contribution in [0, 0.1) is 0 Å². The molecular weight excluding hydrogens is 344 g/mol. The first-order valence-corrected chi connectivity index (χ1v) is 9.86. The average molecular weight is 366 g/mol. The van der Waals surface area contributed by atoms with E-state index in [4.69, 9.17) is 0 Å². The molecule has 2 aromatic rings. The number of amides is 1. The fourth-order valence-electron chi connectivity index (χ4n) is 3.82. The highest BCUT2D eigenvalue weighted by atomic mass is 32.2. The van der Waals surface area contributed by atoms with E-state index >= 15 is 0 Å². The van der Waals surface area contributed by atoms with Crippen molar-refractivity contribution in [1.29, 1.82) is 0 Å². The molecule has 26 heavy (non-hydrogen) atoms. The first-order chi connectivity index (χ1) is 12.6. The Morgan fingerprint density at radius 3 is 2.50 bits per heavy atom. The highest BCUT2D eigenvalue weighted by molar-refractivity contribution is 7.99. The minimum absolute atomic E-state index is 0.000484. The Bertz CT molecular complexity index is 834. The van der Waals surface area contributed by atoms with E-state index in [1.807, 2.05) is 48.5 Å². The minimum atomic E-state index is -0.000484. The molecule has 2 aliphatic heterocycles. The Morgan fingerprint density at radius 1 is 1.04 bits per heavy atom. The van der Waals surface area contributed by atoms with Gasteiger partial charge in [-0.2, -0.15) is 0 Å². The van der Waals surface area contributed by atoms with E-state index in [0.717, 1.165) is 22.6 Å². The normalized spacial score (nSPS) is 23.8. The van der Waals surface area contributed by atoms with Gasteiger partial charge in [0, 0.05) is 39.0 Å². The molecule has 0 saturated carbocycles. The quantitative estimate of drug-likeness (QED) is 0.793. The second-order valence-corrected chi connectivity index (χ2v) is 8.22. The Labute approximate surface area is 157 Å². The van der Waals surface area contributed by atoms with Crippen LogP contribution < -0.4 is 10.6 Å². The first kappa shape index (κ1) is 17.3. The standard InChI is InChI=1S/C21H22N2O2S/c1-13(24)15-3-2-4-18(11-15)26-17-8-5-14(6-9-17)21(25)23-20-12-16-7-10-19(20)22-16/h2-6,8-9,11,16,19-20,22H,7,10,12H2,1H3,(H,23,25). The van der Waals surface area contributed by atoms with Crippen LogP contribution in [-0.4, -0.2) is 29.8 Å². The molecule has 0 aliphatic carbocycles. The van der Waals surface area contributed by atoms with Crippen molar-refractivity contribution >= 4 is 23.5 Å². The molecule has 4 nitrogen and oxygen atoms in total. The molecule has 2 saturated heterocycles. The molecule has 0 aromatic heterocycles. The number of ketones is 1. The van der Waals surface area contributed by atoms with Crippen LogP contribution in [0.3, 0.4) is 0 Å². The monoisotopic (exact) mass is 366 g/mol. The highest BCUT2D eigenvalue weighted by Crippen LogP contribution is 2.30. The average Bonchev–Trinajstić information content (AvgIpc) is 3.25. The van der Waals surface area contributed by atoms with E-state index in [2.05, 4.69) is 10.6 Å². The SMILES string of the molecule is CC(=O)c1cccc(Sc2ccc(C(=O)NC3CC4CCC3N4)cc2)c1. The van der Waals surface area contributed by atoms with Crippen molar-refractivity contribution in [1.82, 2.24) is 10.6 Å². The molecule has 0 radical (unpaired) electrons. The predicted octanol–water partition coefficient (Wildman–Crippen LogP) is 3.66. The summed E-state index contributed by atoms with van der Waals surface area (Å²) < 4.78 is 0. The van der Waals surface area contributed by atoms with Crippen LogP contribution in [0.5, 0.6) is 0 Å². The molecule has 2 heterocycles. The van der Waals surface area contributed by atoms with Crippen LogP contribution in [0.25, 0.3) is 0 Å². The Morgan fingerprint density at radius 2 is 1.85 bits per heavy atom. The molecule has 4 rings (SSSR count). The van der Waals surface area contributed by atoms with E-state index in [1.54, 1.807) is 18.7 Å². The second kappa shape index (κ2) is 7.25. The number of Topliss-reactive ketones (excluding diaryl/α,β-unsaturated/α-hetero) is 1. The number of hydrogen-bond acceptors (Lipinski definition) is 4. The lowest BCUT2D eigenvalue weighted by Crippen LogP contribution is -2.42. The summed E-state index contributed by atoms with van der Waals surface area (Å²) in [5, 5.41) is 6.71. The number of nitrogens with one attached hydrogen (secondary N) is 2. The maximum absolute atomic E-state index is 12.5. The van der Waals surface area contributed by atoms with E-state index < -0.39 is 0 Å². The van der Waals surface area contributed by atoms with E-state index in [1.165, 1.54) is 6.42 Å². The Hall–Kier alpha value is -2.11. The number of hydrogen-bond donors (Lipinski definition) is 2. The zero-order chi connectivity index (χ0) is 18.1. The first-order valence-electron chi connectivity index (χ1n) is 9.04.